The fourth-order valence-electron chi connectivity index (χ4n) is 4.27. The summed E-state index contributed by atoms with van der Waals surface area (Å²) in [5.74, 6) is 0. The maximum Gasteiger partial charge on any atom is 0.144 e. The van der Waals surface area contributed by atoms with Crippen LogP contribution in [0.5, 0.6) is 0 Å². The zero-order valence-corrected chi connectivity index (χ0v) is 18.6. The van der Waals surface area contributed by atoms with Crippen molar-refractivity contribution in [1.82, 2.24) is 4.98 Å². The highest BCUT2D eigenvalue weighted by atomic mass is 16.3. The van der Waals surface area contributed by atoms with Gasteiger partial charge in [-0.05, 0) is 65.8 Å². The molecule has 0 atom stereocenters. The summed E-state index contributed by atoms with van der Waals surface area (Å²) < 4.78 is 6.35. The van der Waals surface area contributed by atoms with Crippen LogP contribution in [0.25, 0.3) is 44.3 Å². The summed E-state index contributed by atoms with van der Waals surface area (Å²) in [6, 6.07) is 25.8. The first-order valence-electron chi connectivity index (χ1n) is 10.8. The molecule has 5 aromatic rings. The number of hydrogen-bond donors (Lipinski definition) is 0. The average molecular weight is 406 g/mol. The summed E-state index contributed by atoms with van der Waals surface area (Å²) in [6.45, 7) is 8.90. The number of benzene rings is 3. The van der Waals surface area contributed by atoms with Crippen LogP contribution in [0.1, 0.15) is 31.9 Å². The van der Waals surface area contributed by atoms with E-state index in [0.29, 0.717) is 0 Å². The highest BCUT2D eigenvalue weighted by Crippen LogP contribution is 2.37. The summed E-state index contributed by atoms with van der Waals surface area (Å²) in [5.41, 5.74) is 9.03. The monoisotopic (exact) mass is 405 g/mol. The number of pyridine rings is 1. The van der Waals surface area contributed by atoms with Gasteiger partial charge in [-0.2, -0.15) is 0 Å². The molecular formula is C29H27NO. The molecule has 0 N–H and O–H groups in total. The molecule has 0 fully saturated rings. The van der Waals surface area contributed by atoms with E-state index >= 15 is 0 Å². The number of aromatic nitrogens is 1. The molecule has 154 valence electrons. The highest BCUT2D eigenvalue weighted by molar-refractivity contribution is 6.10. The summed E-state index contributed by atoms with van der Waals surface area (Å²) in [5, 5.41) is 2.27. The maximum absolute atomic E-state index is 6.35. The molecule has 0 unspecified atom stereocenters. The predicted octanol–water partition coefficient (Wildman–Crippen LogP) is 8.21. The van der Waals surface area contributed by atoms with E-state index in [0.717, 1.165) is 39.6 Å². The fraction of sp³-hybridized carbons (Fsp3) is 0.207. The van der Waals surface area contributed by atoms with Crippen LogP contribution in [0.3, 0.4) is 0 Å². The molecule has 3 aromatic carbocycles. The Morgan fingerprint density at radius 2 is 1.58 bits per heavy atom. The molecular weight excluding hydrogens is 378 g/mol. The second-order valence-corrected chi connectivity index (χ2v) is 9.65. The molecule has 0 saturated heterocycles. The van der Waals surface area contributed by atoms with Gasteiger partial charge in [-0.15, -0.1) is 0 Å². The topological polar surface area (TPSA) is 26.0 Å². The minimum Gasteiger partial charge on any atom is -0.455 e. The summed E-state index contributed by atoms with van der Waals surface area (Å²) in [4.78, 5) is 4.67. The summed E-state index contributed by atoms with van der Waals surface area (Å²) in [6.07, 6.45) is 2.92. The Morgan fingerprint density at radius 3 is 2.35 bits per heavy atom. The molecule has 0 saturated carbocycles. The predicted molar refractivity (Wildman–Crippen MR) is 130 cm³/mol. The summed E-state index contributed by atoms with van der Waals surface area (Å²) >= 11 is 0. The minimum absolute atomic E-state index is 0.233. The Morgan fingerprint density at radius 1 is 0.806 bits per heavy atom. The van der Waals surface area contributed by atoms with Crippen LogP contribution in [-0.2, 0) is 6.42 Å². The zero-order chi connectivity index (χ0) is 21.6. The quantitative estimate of drug-likeness (QED) is 0.302. The molecule has 31 heavy (non-hydrogen) atoms. The van der Waals surface area contributed by atoms with Gasteiger partial charge in [0.05, 0.1) is 5.69 Å². The number of fused-ring (bicyclic) bond motifs is 3. The number of furan rings is 1. The Hall–Kier alpha value is -3.39. The second-order valence-electron chi connectivity index (χ2n) is 9.65. The van der Waals surface area contributed by atoms with Gasteiger partial charge in [-0.25, -0.2) is 0 Å². The van der Waals surface area contributed by atoms with Crippen LogP contribution in [-0.4, -0.2) is 4.98 Å². The van der Waals surface area contributed by atoms with Crippen LogP contribution in [0.2, 0.25) is 0 Å². The number of rotatable bonds is 3. The van der Waals surface area contributed by atoms with Gasteiger partial charge in [0.15, 0.2) is 0 Å². The van der Waals surface area contributed by atoms with E-state index in [4.69, 9.17) is 4.42 Å². The third-order valence-electron chi connectivity index (χ3n) is 5.72. The van der Waals surface area contributed by atoms with Gasteiger partial charge >= 0.3 is 0 Å². The Kier molecular flexibility index (Phi) is 4.66. The second kappa shape index (κ2) is 7.39. The van der Waals surface area contributed by atoms with Gasteiger partial charge in [0.25, 0.3) is 0 Å². The van der Waals surface area contributed by atoms with E-state index in [-0.39, 0.29) is 5.41 Å². The number of nitrogens with zero attached hydrogens (tertiary/aromatic N) is 1. The Balaban J connectivity index is 1.64. The Labute approximate surface area is 183 Å². The normalized spacial score (nSPS) is 12.0. The lowest BCUT2D eigenvalue weighted by Gasteiger charge is -2.18. The molecule has 0 aliphatic carbocycles. The van der Waals surface area contributed by atoms with E-state index in [1.807, 2.05) is 6.20 Å². The zero-order valence-electron chi connectivity index (χ0n) is 18.6. The van der Waals surface area contributed by atoms with Crippen molar-refractivity contribution in [3.8, 4) is 22.4 Å². The summed E-state index contributed by atoms with van der Waals surface area (Å²) in [7, 11) is 0. The van der Waals surface area contributed by atoms with E-state index in [1.165, 1.54) is 22.3 Å². The van der Waals surface area contributed by atoms with Crippen molar-refractivity contribution in [3.05, 3.63) is 90.1 Å². The van der Waals surface area contributed by atoms with Gasteiger partial charge in [-0.1, -0.05) is 68.8 Å². The molecule has 0 amide bonds. The van der Waals surface area contributed by atoms with Crippen LogP contribution in [0.4, 0.5) is 0 Å². The molecule has 2 nitrogen and oxygen atoms in total. The molecule has 5 rings (SSSR count). The molecule has 0 radical (unpaired) electrons. The third kappa shape index (κ3) is 3.86. The largest absolute Gasteiger partial charge is 0.455 e. The molecule has 2 aromatic heterocycles. The van der Waals surface area contributed by atoms with Crippen molar-refractivity contribution in [1.29, 1.82) is 0 Å². The van der Waals surface area contributed by atoms with E-state index in [1.54, 1.807) is 0 Å². The number of hydrogen-bond acceptors (Lipinski definition) is 2. The molecule has 0 aliphatic heterocycles. The average Bonchev–Trinajstić information content (AvgIpc) is 3.11. The van der Waals surface area contributed by atoms with Crippen molar-refractivity contribution in [2.45, 2.75) is 34.1 Å². The van der Waals surface area contributed by atoms with E-state index < -0.39 is 0 Å². The lowest BCUT2D eigenvalue weighted by Crippen LogP contribution is -2.09. The molecule has 0 aliphatic rings. The van der Waals surface area contributed by atoms with Gasteiger partial charge in [0.1, 0.15) is 11.2 Å². The lowest BCUT2D eigenvalue weighted by atomic mass is 9.88. The Bertz CT molecular complexity index is 1380. The van der Waals surface area contributed by atoms with Gasteiger partial charge < -0.3 is 4.42 Å². The van der Waals surface area contributed by atoms with Crippen molar-refractivity contribution in [2.75, 3.05) is 0 Å². The SMILES string of the molecule is Cc1ccc(-c2ccc3oc4c(-c5cc(CC(C)(C)C)ccn5)cccc4c3c2)cc1. The van der Waals surface area contributed by atoms with Crippen molar-refractivity contribution < 1.29 is 4.42 Å². The highest BCUT2D eigenvalue weighted by Gasteiger charge is 2.16. The van der Waals surface area contributed by atoms with Crippen LogP contribution < -0.4 is 0 Å². The van der Waals surface area contributed by atoms with Crippen molar-refractivity contribution in [2.24, 2.45) is 5.41 Å². The molecule has 2 heteroatoms. The fourth-order valence-corrected chi connectivity index (χ4v) is 4.27. The molecule has 0 spiro atoms. The first-order valence-corrected chi connectivity index (χ1v) is 10.8. The van der Waals surface area contributed by atoms with Gasteiger partial charge in [0, 0.05) is 22.5 Å². The number of aryl methyl sites for hydroxylation is 1. The number of para-hydroxylation sites is 1. The lowest BCUT2D eigenvalue weighted by molar-refractivity contribution is 0.411. The third-order valence-corrected chi connectivity index (χ3v) is 5.72. The standard InChI is InChI=1S/C29H27NO/c1-19-8-10-21(11-9-19)22-12-13-27-25(17-22)23-6-5-7-24(28(23)31-27)26-16-20(14-15-30-26)18-29(2,3)4/h5-17H,18H2,1-4H3. The maximum atomic E-state index is 6.35. The van der Waals surface area contributed by atoms with Crippen LogP contribution in [0.15, 0.2) is 83.4 Å². The first kappa shape index (κ1) is 19.6. The smallest absolute Gasteiger partial charge is 0.144 e. The van der Waals surface area contributed by atoms with E-state index in [9.17, 15) is 0 Å². The molecule has 0 bridgehead atoms. The van der Waals surface area contributed by atoms with Crippen LogP contribution >= 0.6 is 0 Å². The van der Waals surface area contributed by atoms with E-state index in [2.05, 4.69) is 105 Å². The van der Waals surface area contributed by atoms with Gasteiger partial charge in [0.2, 0.25) is 0 Å². The minimum atomic E-state index is 0.233. The van der Waals surface area contributed by atoms with Crippen LogP contribution in [0, 0.1) is 12.3 Å². The molecule has 2 heterocycles. The van der Waals surface area contributed by atoms with Crippen molar-refractivity contribution >= 4 is 21.9 Å². The first-order chi connectivity index (χ1) is 14.9. The van der Waals surface area contributed by atoms with Gasteiger partial charge in [-0.3, -0.25) is 4.98 Å². The van der Waals surface area contributed by atoms with Crippen molar-refractivity contribution in [3.63, 3.8) is 0 Å².